The number of likely N-dealkylation sites (N-methyl/N-ethyl adjacent to an activating group) is 1. The molecule has 0 bridgehead atoms. The molecule has 2 aliphatic rings. The van der Waals surface area contributed by atoms with Crippen LogP contribution in [0.1, 0.15) is 42.7 Å². The molecule has 96 valence electrons. The Labute approximate surface area is 108 Å². The van der Waals surface area contributed by atoms with Crippen LogP contribution >= 0.6 is 0 Å². The van der Waals surface area contributed by atoms with Crippen molar-refractivity contribution in [1.82, 2.24) is 5.32 Å². The van der Waals surface area contributed by atoms with Crippen LogP contribution in [0.5, 0.6) is 0 Å². The Hall–Kier alpha value is -1.35. The van der Waals surface area contributed by atoms with Crippen LogP contribution in [0.25, 0.3) is 0 Å². The van der Waals surface area contributed by atoms with Crippen molar-refractivity contribution in [3.05, 3.63) is 29.3 Å². The van der Waals surface area contributed by atoms with Crippen molar-refractivity contribution in [1.29, 1.82) is 0 Å². The number of hydrogen-bond acceptors (Lipinski definition) is 2. The van der Waals surface area contributed by atoms with Gasteiger partial charge in [-0.1, -0.05) is 12.1 Å². The summed E-state index contributed by atoms with van der Waals surface area (Å²) in [5, 5.41) is 3.40. The molecule has 3 rings (SSSR count). The van der Waals surface area contributed by atoms with E-state index in [0.29, 0.717) is 5.92 Å². The summed E-state index contributed by atoms with van der Waals surface area (Å²) in [7, 11) is 1.87. The van der Waals surface area contributed by atoms with Gasteiger partial charge in [0, 0.05) is 12.7 Å². The maximum absolute atomic E-state index is 12.0. The monoisotopic (exact) mass is 244 g/mol. The molecule has 0 spiro atoms. The van der Waals surface area contributed by atoms with Crippen LogP contribution < -0.4 is 10.2 Å². The van der Waals surface area contributed by atoms with Gasteiger partial charge in [0.1, 0.15) is 0 Å². The maximum Gasteiger partial charge on any atom is 0.234 e. The van der Waals surface area contributed by atoms with Crippen molar-refractivity contribution in [2.45, 2.75) is 31.6 Å². The topological polar surface area (TPSA) is 32.3 Å². The quantitative estimate of drug-likeness (QED) is 0.821. The number of rotatable bonds is 1. The number of amides is 1. The number of hydrogen-bond donors (Lipinski definition) is 1. The Morgan fingerprint density at radius 3 is 2.72 bits per heavy atom. The summed E-state index contributed by atoms with van der Waals surface area (Å²) < 4.78 is 0. The van der Waals surface area contributed by atoms with E-state index < -0.39 is 0 Å². The molecule has 0 aliphatic carbocycles. The lowest BCUT2D eigenvalue weighted by Gasteiger charge is -2.23. The number of carbonyl (C=O) groups excluding carboxylic acids is 1. The van der Waals surface area contributed by atoms with Gasteiger partial charge in [-0.15, -0.1) is 0 Å². The first-order valence-electron chi connectivity index (χ1n) is 6.80. The lowest BCUT2D eigenvalue weighted by molar-refractivity contribution is -0.118. The van der Waals surface area contributed by atoms with Gasteiger partial charge in [0.25, 0.3) is 0 Å². The fourth-order valence-corrected chi connectivity index (χ4v) is 3.18. The Balaban J connectivity index is 1.94. The second-order valence-electron chi connectivity index (χ2n) is 5.46. The van der Waals surface area contributed by atoms with E-state index in [4.69, 9.17) is 0 Å². The second-order valence-corrected chi connectivity index (χ2v) is 5.46. The van der Waals surface area contributed by atoms with Crippen LogP contribution in [0.3, 0.4) is 0 Å². The minimum Gasteiger partial charge on any atom is -0.317 e. The Kier molecular flexibility index (Phi) is 2.86. The van der Waals surface area contributed by atoms with Crippen molar-refractivity contribution < 1.29 is 4.79 Å². The highest BCUT2D eigenvalue weighted by Gasteiger charge is 2.32. The normalized spacial score (nSPS) is 24.4. The highest BCUT2D eigenvalue weighted by atomic mass is 16.2. The number of carbonyl (C=O) groups is 1. The minimum absolute atomic E-state index is 0.0201. The van der Waals surface area contributed by atoms with Gasteiger partial charge in [0.15, 0.2) is 0 Å². The summed E-state index contributed by atoms with van der Waals surface area (Å²) in [5.74, 6) is 0.892. The predicted octanol–water partition coefficient (Wildman–Crippen LogP) is 2.23. The molecule has 2 aliphatic heterocycles. The van der Waals surface area contributed by atoms with Crippen molar-refractivity contribution in [3.8, 4) is 0 Å². The molecule has 1 amide bonds. The van der Waals surface area contributed by atoms with Gasteiger partial charge < -0.3 is 10.2 Å². The molecule has 1 fully saturated rings. The molecule has 0 radical (unpaired) electrons. The van der Waals surface area contributed by atoms with Crippen LogP contribution in [-0.4, -0.2) is 26.0 Å². The minimum atomic E-state index is 0.0201. The Bertz CT molecular complexity index is 477. The van der Waals surface area contributed by atoms with Crippen LogP contribution in [0, 0.1) is 0 Å². The zero-order valence-electron chi connectivity index (χ0n) is 11.1. The van der Waals surface area contributed by atoms with Gasteiger partial charge in [-0.25, -0.2) is 0 Å². The fourth-order valence-electron chi connectivity index (χ4n) is 3.18. The van der Waals surface area contributed by atoms with Crippen LogP contribution in [0.15, 0.2) is 18.2 Å². The molecule has 2 heterocycles. The van der Waals surface area contributed by atoms with Gasteiger partial charge in [0.2, 0.25) is 5.91 Å². The van der Waals surface area contributed by atoms with Gasteiger partial charge in [-0.3, -0.25) is 4.79 Å². The summed E-state index contributed by atoms with van der Waals surface area (Å²) in [6, 6.07) is 6.59. The summed E-state index contributed by atoms with van der Waals surface area (Å²) >= 11 is 0. The Morgan fingerprint density at radius 2 is 2.00 bits per heavy atom. The van der Waals surface area contributed by atoms with Crippen LogP contribution in [0.4, 0.5) is 5.69 Å². The third-order valence-electron chi connectivity index (χ3n) is 4.39. The van der Waals surface area contributed by atoms with E-state index in [2.05, 4.69) is 23.5 Å². The summed E-state index contributed by atoms with van der Waals surface area (Å²) in [6.45, 7) is 4.23. The maximum atomic E-state index is 12.0. The number of nitrogens with zero attached hydrogens (tertiary/aromatic N) is 1. The summed E-state index contributed by atoms with van der Waals surface area (Å²) in [4.78, 5) is 13.7. The van der Waals surface area contributed by atoms with Gasteiger partial charge in [-0.05, 0) is 56.0 Å². The molecule has 1 N–H and O–H groups in total. The number of benzene rings is 1. The number of nitrogens with one attached hydrogen (secondary N) is 1. The molecule has 1 atom stereocenters. The van der Waals surface area contributed by atoms with Gasteiger partial charge >= 0.3 is 0 Å². The highest BCUT2D eigenvalue weighted by molar-refractivity contribution is 6.04. The molecule has 1 aromatic rings. The third-order valence-corrected chi connectivity index (χ3v) is 4.39. The van der Waals surface area contributed by atoms with Crippen molar-refractivity contribution in [2.75, 3.05) is 25.0 Å². The van der Waals surface area contributed by atoms with E-state index in [-0.39, 0.29) is 11.8 Å². The number of piperidine rings is 1. The molecule has 0 saturated carbocycles. The number of anilines is 1. The zero-order chi connectivity index (χ0) is 12.7. The summed E-state index contributed by atoms with van der Waals surface area (Å²) in [6.07, 6.45) is 2.41. The highest BCUT2D eigenvalue weighted by Crippen LogP contribution is 2.38. The molecule has 1 aromatic carbocycles. The van der Waals surface area contributed by atoms with Crippen molar-refractivity contribution in [2.24, 2.45) is 0 Å². The third kappa shape index (κ3) is 1.74. The molecule has 0 aromatic heterocycles. The first kappa shape index (κ1) is 11.7. The average molecular weight is 244 g/mol. The molecular weight excluding hydrogens is 224 g/mol. The standard InChI is InChI=1S/C15H20N2O/c1-10-13-9-12(11-5-7-16-8-6-11)3-4-14(13)17(2)15(10)18/h3-4,9-11,16H,5-8H2,1-2H3. The molecule has 1 unspecified atom stereocenters. The number of fused-ring (bicyclic) bond motifs is 1. The summed E-state index contributed by atoms with van der Waals surface area (Å²) in [5.41, 5.74) is 3.70. The molecular formula is C15H20N2O. The van der Waals surface area contributed by atoms with E-state index in [1.165, 1.54) is 24.0 Å². The van der Waals surface area contributed by atoms with Crippen molar-refractivity contribution >= 4 is 11.6 Å². The largest absolute Gasteiger partial charge is 0.317 e. The zero-order valence-corrected chi connectivity index (χ0v) is 11.1. The van der Waals surface area contributed by atoms with Crippen LogP contribution in [-0.2, 0) is 4.79 Å². The molecule has 3 nitrogen and oxygen atoms in total. The lowest BCUT2D eigenvalue weighted by atomic mass is 9.88. The lowest BCUT2D eigenvalue weighted by Crippen LogP contribution is -2.26. The van der Waals surface area contributed by atoms with Gasteiger partial charge in [-0.2, -0.15) is 0 Å². The predicted molar refractivity (Wildman–Crippen MR) is 73.1 cm³/mol. The van der Waals surface area contributed by atoms with E-state index in [9.17, 15) is 4.79 Å². The molecule has 1 saturated heterocycles. The van der Waals surface area contributed by atoms with E-state index in [1.54, 1.807) is 4.90 Å². The Morgan fingerprint density at radius 1 is 1.28 bits per heavy atom. The fraction of sp³-hybridized carbons (Fsp3) is 0.533. The van der Waals surface area contributed by atoms with E-state index in [1.807, 2.05) is 14.0 Å². The first-order chi connectivity index (χ1) is 8.68. The van der Waals surface area contributed by atoms with E-state index in [0.717, 1.165) is 18.8 Å². The smallest absolute Gasteiger partial charge is 0.234 e. The molecule has 18 heavy (non-hydrogen) atoms. The average Bonchev–Trinajstić information content (AvgIpc) is 2.65. The van der Waals surface area contributed by atoms with E-state index >= 15 is 0 Å². The first-order valence-corrected chi connectivity index (χ1v) is 6.80. The van der Waals surface area contributed by atoms with Crippen molar-refractivity contribution in [3.63, 3.8) is 0 Å². The SMILES string of the molecule is CC1C(=O)N(C)c2ccc(C3CCNCC3)cc21. The van der Waals surface area contributed by atoms with Crippen LogP contribution in [0.2, 0.25) is 0 Å². The molecule has 3 heteroatoms. The van der Waals surface area contributed by atoms with Gasteiger partial charge in [0.05, 0.1) is 5.92 Å². The second kappa shape index (κ2) is 4.39.